The van der Waals surface area contributed by atoms with Gasteiger partial charge in [0.05, 0.1) is 0 Å². The minimum atomic E-state index is 0.219. The van der Waals surface area contributed by atoms with E-state index in [1.54, 1.807) is 0 Å². The second-order valence-corrected chi connectivity index (χ2v) is 6.30. The largest absolute Gasteiger partial charge is 0.271 e. The van der Waals surface area contributed by atoms with Crippen LogP contribution in [-0.4, -0.2) is 16.8 Å². The molecule has 0 aliphatic heterocycles. The first kappa shape index (κ1) is 16.0. The fourth-order valence-electron chi connectivity index (χ4n) is 2.03. The number of aryl methyl sites for hydroxylation is 2. The van der Waals surface area contributed by atoms with Crippen LogP contribution in [0.2, 0.25) is 0 Å². The molecule has 1 heterocycles. The molecule has 2 aromatic rings. The van der Waals surface area contributed by atoms with E-state index in [1.807, 2.05) is 18.0 Å². The zero-order valence-corrected chi connectivity index (χ0v) is 13.5. The van der Waals surface area contributed by atoms with Crippen molar-refractivity contribution in [3.63, 3.8) is 0 Å². The van der Waals surface area contributed by atoms with Crippen molar-refractivity contribution >= 4 is 11.8 Å². The summed E-state index contributed by atoms with van der Waals surface area (Å²) in [6.45, 7) is 4.24. The van der Waals surface area contributed by atoms with Crippen LogP contribution in [0.4, 0.5) is 0 Å². The number of nitrogens with one attached hydrogen (secondary N) is 1. The maximum absolute atomic E-state index is 5.67. The van der Waals surface area contributed by atoms with Crippen molar-refractivity contribution in [2.24, 2.45) is 5.84 Å². The van der Waals surface area contributed by atoms with Gasteiger partial charge in [-0.25, -0.2) is 0 Å². The molecule has 21 heavy (non-hydrogen) atoms. The molecule has 0 bridgehead atoms. The third-order valence-electron chi connectivity index (χ3n) is 3.46. The van der Waals surface area contributed by atoms with Crippen LogP contribution in [0.15, 0.2) is 47.5 Å². The Morgan fingerprint density at radius 1 is 1.19 bits per heavy atom. The van der Waals surface area contributed by atoms with E-state index in [9.17, 15) is 0 Å². The lowest BCUT2D eigenvalue weighted by molar-refractivity contribution is 0.569. The molecule has 2 rings (SSSR count). The van der Waals surface area contributed by atoms with E-state index >= 15 is 0 Å². The van der Waals surface area contributed by atoms with Gasteiger partial charge in [-0.1, -0.05) is 30.7 Å². The quantitative estimate of drug-likeness (QED) is 0.469. The number of hydrogen-bond donors (Lipinski definition) is 2. The van der Waals surface area contributed by atoms with Gasteiger partial charge in [0.25, 0.3) is 0 Å². The van der Waals surface area contributed by atoms with E-state index in [4.69, 9.17) is 5.84 Å². The van der Waals surface area contributed by atoms with E-state index in [1.165, 1.54) is 16.0 Å². The van der Waals surface area contributed by atoms with Crippen molar-refractivity contribution in [3.8, 4) is 0 Å². The zero-order chi connectivity index (χ0) is 15.1. The Morgan fingerprint density at radius 3 is 2.52 bits per heavy atom. The number of thioether (sulfide) groups is 1. The maximum atomic E-state index is 5.67. The predicted octanol–water partition coefficient (Wildman–Crippen LogP) is 3.12. The normalized spacial score (nSPS) is 12.3. The van der Waals surface area contributed by atoms with Gasteiger partial charge in [-0.05, 0) is 37.1 Å². The standard InChI is InChI=1S/C17H23N3S/c1-3-14-6-7-15(19-11-14)10-16(20-18)12-21-17-8-4-13(2)5-9-17/h4-9,11,16,20H,3,10,12,18H2,1-2H3. The fraction of sp³-hybridized carbons (Fsp3) is 0.353. The number of hydrazine groups is 1. The summed E-state index contributed by atoms with van der Waals surface area (Å²) < 4.78 is 0. The minimum Gasteiger partial charge on any atom is -0.271 e. The van der Waals surface area contributed by atoms with Gasteiger partial charge in [0.2, 0.25) is 0 Å². The highest BCUT2D eigenvalue weighted by molar-refractivity contribution is 7.99. The number of rotatable bonds is 7. The smallest absolute Gasteiger partial charge is 0.0420 e. The Morgan fingerprint density at radius 2 is 1.95 bits per heavy atom. The predicted molar refractivity (Wildman–Crippen MR) is 90.3 cm³/mol. The highest BCUT2D eigenvalue weighted by atomic mass is 32.2. The lowest BCUT2D eigenvalue weighted by Gasteiger charge is -2.15. The molecule has 0 amide bonds. The Labute approximate surface area is 131 Å². The molecule has 1 atom stereocenters. The van der Waals surface area contributed by atoms with Gasteiger partial charge < -0.3 is 0 Å². The van der Waals surface area contributed by atoms with Gasteiger partial charge in [0.1, 0.15) is 0 Å². The van der Waals surface area contributed by atoms with Crippen LogP contribution in [0.25, 0.3) is 0 Å². The van der Waals surface area contributed by atoms with Crippen LogP contribution in [0.1, 0.15) is 23.7 Å². The molecule has 0 aliphatic rings. The van der Waals surface area contributed by atoms with Crippen LogP contribution >= 0.6 is 11.8 Å². The molecule has 3 nitrogen and oxygen atoms in total. The molecule has 1 aromatic carbocycles. The summed E-state index contributed by atoms with van der Waals surface area (Å²) in [5, 5.41) is 0. The molecule has 0 saturated carbocycles. The van der Waals surface area contributed by atoms with Crippen LogP contribution < -0.4 is 11.3 Å². The molecule has 0 saturated heterocycles. The number of aromatic nitrogens is 1. The first-order valence-corrected chi connectivity index (χ1v) is 8.29. The van der Waals surface area contributed by atoms with Gasteiger partial charge >= 0.3 is 0 Å². The number of nitrogens with zero attached hydrogens (tertiary/aromatic N) is 1. The average molecular weight is 301 g/mol. The number of pyridine rings is 1. The minimum absolute atomic E-state index is 0.219. The summed E-state index contributed by atoms with van der Waals surface area (Å²) in [6.07, 6.45) is 3.82. The maximum Gasteiger partial charge on any atom is 0.0420 e. The van der Waals surface area contributed by atoms with E-state index in [0.717, 1.165) is 24.3 Å². The molecule has 1 aromatic heterocycles. The molecule has 1 unspecified atom stereocenters. The summed E-state index contributed by atoms with van der Waals surface area (Å²) >= 11 is 1.82. The molecule has 0 spiro atoms. The van der Waals surface area contributed by atoms with Crippen LogP contribution in [-0.2, 0) is 12.8 Å². The molecule has 4 heteroatoms. The van der Waals surface area contributed by atoms with Crippen LogP contribution in [0.3, 0.4) is 0 Å². The lowest BCUT2D eigenvalue weighted by Crippen LogP contribution is -2.38. The Hall–Kier alpha value is -1.36. The van der Waals surface area contributed by atoms with Crippen molar-refractivity contribution < 1.29 is 0 Å². The summed E-state index contributed by atoms with van der Waals surface area (Å²) in [5.41, 5.74) is 6.54. The number of nitrogens with two attached hydrogens (primary N) is 1. The number of benzene rings is 1. The summed E-state index contributed by atoms with van der Waals surface area (Å²) in [6, 6.07) is 13.0. The van der Waals surface area contributed by atoms with Crippen molar-refractivity contribution in [2.45, 2.75) is 37.6 Å². The first-order chi connectivity index (χ1) is 10.2. The van der Waals surface area contributed by atoms with Gasteiger partial charge in [0.15, 0.2) is 0 Å². The third kappa shape index (κ3) is 5.16. The molecular formula is C17H23N3S. The Bertz CT molecular complexity index is 537. The molecule has 3 N–H and O–H groups in total. The van der Waals surface area contributed by atoms with Crippen molar-refractivity contribution in [3.05, 3.63) is 59.4 Å². The van der Waals surface area contributed by atoms with E-state index in [0.29, 0.717) is 0 Å². The first-order valence-electron chi connectivity index (χ1n) is 7.30. The van der Waals surface area contributed by atoms with E-state index < -0.39 is 0 Å². The summed E-state index contributed by atoms with van der Waals surface area (Å²) in [7, 11) is 0. The van der Waals surface area contributed by atoms with Crippen LogP contribution in [0, 0.1) is 6.92 Å². The third-order valence-corrected chi connectivity index (χ3v) is 4.63. The molecular weight excluding hydrogens is 278 g/mol. The highest BCUT2D eigenvalue weighted by Crippen LogP contribution is 2.20. The topological polar surface area (TPSA) is 50.9 Å². The lowest BCUT2D eigenvalue weighted by atomic mass is 10.1. The SMILES string of the molecule is CCc1ccc(CC(CSc2ccc(C)cc2)NN)nc1. The van der Waals surface area contributed by atoms with Crippen molar-refractivity contribution in [1.29, 1.82) is 0 Å². The monoisotopic (exact) mass is 301 g/mol. The van der Waals surface area contributed by atoms with Gasteiger partial charge in [-0.2, -0.15) is 0 Å². The van der Waals surface area contributed by atoms with Crippen molar-refractivity contribution in [1.82, 2.24) is 10.4 Å². The second kappa shape index (κ2) is 8.17. The number of hydrogen-bond acceptors (Lipinski definition) is 4. The summed E-state index contributed by atoms with van der Waals surface area (Å²) in [4.78, 5) is 5.77. The summed E-state index contributed by atoms with van der Waals surface area (Å²) in [5.74, 6) is 6.60. The van der Waals surface area contributed by atoms with Crippen molar-refractivity contribution in [2.75, 3.05) is 5.75 Å². The second-order valence-electron chi connectivity index (χ2n) is 5.20. The molecule has 0 fully saturated rings. The average Bonchev–Trinajstić information content (AvgIpc) is 2.53. The Kier molecular flexibility index (Phi) is 6.23. The fourth-order valence-corrected chi connectivity index (χ4v) is 2.97. The molecule has 112 valence electrons. The Balaban J connectivity index is 1.88. The van der Waals surface area contributed by atoms with E-state index in [2.05, 4.69) is 60.7 Å². The van der Waals surface area contributed by atoms with Gasteiger partial charge in [-0.3, -0.25) is 16.3 Å². The highest BCUT2D eigenvalue weighted by Gasteiger charge is 2.09. The molecule has 0 aliphatic carbocycles. The molecule has 0 radical (unpaired) electrons. The van der Waals surface area contributed by atoms with Gasteiger partial charge in [-0.15, -0.1) is 11.8 Å². The zero-order valence-electron chi connectivity index (χ0n) is 12.7. The van der Waals surface area contributed by atoms with E-state index in [-0.39, 0.29) is 6.04 Å². The van der Waals surface area contributed by atoms with Gasteiger partial charge in [0, 0.05) is 35.0 Å². The van der Waals surface area contributed by atoms with Crippen LogP contribution in [0.5, 0.6) is 0 Å².